The average molecular weight is 491 g/mol. The minimum Gasteiger partial charge on any atom is -0.493 e. The third kappa shape index (κ3) is 4.69. The topological polar surface area (TPSA) is 146 Å². The van der Waals surface area contributed by atoms with Crippen LogP contribution < -0.4 is 15.0 Å². The molecular formula is C19H15BrN4O7. The number of fused-ring (bicyclic) bond motifs is 1. The third-order valence-electron chi connectivity index (χ3n) is 4.11. The van der Waals surface area contributed by atoms with Gasteiger partial charge in [0.1, 0.15) is 5.82 Å². The summed E-state index contributed by atoms with van der Waals surface area (Å²) in [4.78, 5) is 38.6. The Hall–Kier alpha value is -3.80. The fourth-order valence-corrected chi connectivity index (χ4v) is 3.13. The monoisotopic (exact) mass is 490 g/mol. The molecule has 0 aliphatic carbocycles. The molecule has 2 aromatic carbocycles. The number of aromatic nitrogens is 2. The van der Waals surface area contributed by atoms with E-state index in [-0.39, 0.29) is 17.1 Å². The van der Waals surface area contributed by atoms with E-state index in [2.05, 4.69) is 26.0 Å². The molecule has 3 rings (SSSR count). The van der Waals surface area contributed by atoms with Crippen molar-refractivity contribution >= 4 is 44.7 Å². The van der Waals surface area contributed by atoms with Crippen molar-refractivity contribution in [2.45, 2.75) is 6.92 Å². The summed E-state index contributed by atoms with van der Waals surface area (Å²) in [5, 5.41) is 24.7. The summed E-state index contributed by atoms with van der Waals surface area (Å²) in [5.41, 5.74) is -0.184. The number of carboxylic acid groups (broad SMARTS) is 1. The van der Waals surface area contributed by atoms with Gasteiger partial charge in [0.2, 0.25) is 5.75 Å². The maximum absolute atomic E-state index is 12.8. The highest BCUT2D eigenvalue weighted by molar-refractivity contribution is 9.10. The van der Waals surface area contributed by atoms with Crippen molar-refractivity contribution in [3.05, 3.63) is 66.7 Å². The molecule has 12 heteroatoms. The largest absolute Gasteiger partial charge is 0.493 e. The standard InChI is InChI=1S/C19H15BrN4O7/c1-10-22-14-4-3-12(20)7-13(14)19(27)23(10)21-8-11-5-15(24(28)29)18(16(6-11)30-2)31-9-17(25)26/h3-8H,9H2,1-2H3,(H,25,26). The number of nitro benzene ring substituents is 1. The van der Waals surface area contributed by atoms with Crippen LogP contribution in [0.2, 0.25) is 0 Å². The van der Waals surface area contributed by atoms with Gasteiger partial charge in [0, 0.05) is 16.1 Å². The fraction of sp³-hybridized carbons (Fsp3) is 0.158. The van der Waals surface area contributed by atoms with Gasteiger partial charge in [-0.2, -0.15) is 9.78 Å². The summed E-state index contributed by atoms with van der Waals surface area (Å²) in [7, 11) is 1.26. The van der Waals surface area contributed by atoms with Crippen molar-refractivity contribution in [2.75, 3.05) is 13.7 Å². The lowest BCUT2D eigenvalue weighted by molar-refractivity contribution is -0.385. The molecule has 0 amide bonds. The Balaban J connectivity index is 2.08. The molecule has 0 saturated heterocycles. The van der Waals surface area contributed by atoms with Crippen molar-refractivity contribution in [3.8, 4) is 11.5 Å². The number of hydrogen-bond donors (Lipinski definition) is 1. The molecule has 0 fully saturated rings. The summed E-state index contributed by atoms with van der Waals surface area (Å²) in [6.07, 6.45) is 1.23. The quantitative estimate of drug-likeness (QED) is 0.302. The van der Waals surface area contributed by atoms with Crippen LogP contribution >= 0.6 is 15.9 Å². The third-order valence-corrected chi connectivity index (χ3v) is 4.60. The lowest BCUT2D eigenvalue weighted by Crippen LogP contribution is -2.20. The Labute approximate surface area is 182 Å². The Morgan fingerprint density at radius 3 is 2.77 bits per heavy atom. The van der Waals surface area contributed by atoms with Crippen LogP contribution in [0.4, 0.5) is 5.69 Å². The molecule has 0 unspecified atom stereocenters. The second-order valence-electron chi connectivity index (χ2n) is 6.19. The number of benzene rings is 2. The van der Waals surface area contributed by atoms with E-state index in [1.807, 2.05) is 0 Å². The van der Waals surface area contributed by atoms with E-state index in [4.69, 9.17) is 14.6 Å². The highest BCUT2D eigenvalue weighted by Gasteiger charge is 2.23. The first-order chi connectivity index (χ1) is 14.7. The summed E-state index contributed by atoms with van der Waals surface area (Å²) in [6.45, 7) is 0.823. The molecule has 1 aromatic heterocycles. The van der Waals surface area contributed by atoms with Crippen LogP contribution in [-0.2, 0) is 4.79 Å². The molecular weight excluding hydrogens is 476 g/mol. The molecule has 0 atom stereocenters. The predicted octanol–water partition coefficient (Wildman–Crippen LogP) is 2.73. The molecule has 0 aliphatic rings. The van der Waals surface area contributed by atoms with E-state index in [1.54, 1.807) is 25.1 Å². The number of ether oxygens (including phenoxy) is 2. The Bertz CT molecular complexity index is 1290. The second-order valence-corrected chi connectivity index (χ2v) is 7.11. The summed E-state index contributed by atoms with van der Waals surface area (Å²) in [5.74, 6) is -1.36. The van der Waals surface area contributed by atoms with Crippen LogP contribution in [0, 0.1) is 17.0 Å². The number of aryl methyl sites for hydroxylation is 1. The van der Waals surface area contributed by atoms with Crippen LogP contribution in [0.15, 0.2) is 44.7 Å². The van der Waals surface area contributed by atoms with Gasteiger partial charge in [-0.25, -0.2) is 9.78 Å². The molecule has 1 N–H and O–H groups in total. The van der Waals surface area contributed by atoms with E-state index in [0.717, 1.165) is 10.7 Å². The molecule has 0 spiro atoms. The van der Waals surface area contributed by atoms with Gasteiger partial charge in [0.15, 0.2) is 12.4 Å². The van der Waals surface area contributed by atoms with Crippen molar-refractivity contribution in [1.82, 2.24) is 9.66 Å². The molecule has 0 aliphatic heterocycles. The van der Waals surface area contributed by atoms with E-state index in [1.165, 1.54) is 19.4 Å². The maximum Gasteiger partial charge on any atom is 0.341 e. The molecule has 3 aromatic rings. The van der Waals surface area contributed by atoms with Gasteiger partial charge in [-0.1, -0.05) is 15.9 Å². The van der Waals surface area contributed by atoms with Crippen LogP contribution in [0.5, 0.6) is 11.5 Å². The van der Waals surface area contributed by atoms with Crippen molar-refractivity contribution in [3.63, 3.8) is 0 Å². The highest BCUT2D eigenvalue weighted by Crippen LogP contribution is 2.38. The van der Waals surface area contributed by atoms with Crippen LogP contribution in [-0.4, -0.2) is 45.6 Å². The number of aliphatic carboxylic acids is 1. The lowest BCUT2D eigenvalue weighted by atomic mass is 10.2. The molecule has 160 valence electrons. The molecule has 1 heterocycles. The van der Waals surface area contributed by atoms with Crippen LogP contribution in [0.1, 0.15) is 11.4 Å². The minimum absolute atomic E-state index is 0.0541. The maximum atomic E-state index is 12.8. The summed E-state index contributed by atoms with van der Waals surface area (Å²) < 4.78 is 11.9. The van der Waals surface area contributed by atoms with Gasteiger partial charge >= 0.3 is 11.7 Å². The van der Waals surface area contributed by atoms with Crippen molar-refractivity contribution in [1.29, 1.82) is 0 Å². The normalized spacial score (nSPS) is 11.1. The fourth-order valence-electron chi connectivity index (χ4n) is 2.77. The smallest absolute Gasteiger partial charge is 0.341 e. The van der Waals surface area contributed by atoms with Gasteiger partial charge in [-0.05, 0) is 31.2 Å². The zero-order valence-electron chi connectivity index (χ0n) is 16.2. The Morgan fingerprint density at radius 1 is 1.39 bits per heavy atom. The van der Waals surface area contributed by atoms with Gasteiger partial charge < -0.3 is 14.6 Å². The number of halogens is 1. The van der Waals surface area contributed by atoms with Gasteiger partial charge in [0.05, 0.1) is 29.2 Å². The molecule has 11 nitrogen and oxygen atoms in total. The average Bonchev–Trinajstić information content (AvgIpc) is 2.72. The van der Waals surface area contributed by atoms with E-state index in [9.17, 15) is 19.7 Å². The second kappa shape index (κ2) is 8.92. The van der Waals surface area contributed by atoms with Gasteiger partial charge in [-0.15, -0.1) is 0 Å². The first-order valence-corrected chi connectivity index (χ1v) is 9.45. The van der Waals surface area contributed by atoms with Crippen LogP contribution in [0.25, 0.3) is 10.9 Å². The van der Waals surface area contributed by atoms with Crippen molar-refractivity contribution in [2.24, 2.45) is 5.10 Å². The minimum atomic E-state index is -1.30. The first kappa shape index (κ1) is 21.9. The number of carboxylic acids is 1. The SMILES string of the molecule is COc1cc(C=Nn2c(C)nc3ccc(Br)cc3c2=O)cc([N+](=O)[O-])c1OCC(=O)O. The zero-order chi connectivity index (χ0) is 22.7. The number of nitrogens with zero attached hydrogens (tertiary/aromatic N) is 4. The molecule has 0 saturated carbocycles. The van der Waals surface area contributed by atoms with Gasteiger partial charge in [0.25, 0.3) is 5.56 Å². The number of hydrogen-bond acceptors (Lipinski definition) is 8. The van der Waals surface area contributed by atoms with E-state index in [0.29, 0.717) is 21.2 Å². The number of methoxy groups -OCH3 is 1. The molecule has 0 bridgehead atoms. The van der Waals surface area contributed by atoms with Crippen molar-refractivity contribution < 1.29 is 24.3 Å². The Kier molecular flexibility index (Phi) is 6.30. The first-order valence-electron chi connectivity index (χ1n) is 8.65. The number of carbonyl (C=O) groups is 1. The highest BCUT2D eigenvalue weighted by atomic mass is 79.9. The summed E-state index contributed by atoms with van der Waals surface area (Å²) >= 11 is 3.31. The lowest BCUT2D eigenvalue weighted by Gasteiger charge is -2.10. The van der Waals surface area contributed by atoms with Gasteiger partial charge in [-0.3, -0.25) is 14.9 Å². The summed E-state index contributed by atoms with van der Waals surface area (Å²) in [6, 6.07) is 7.60. The zero-order valence-corrected chi connectivity index (χ0v) is 17.8. The van der Waals surface area contributed by atoms with E-state index < -0.39 is 28.7 Å². The van der Waals surface area contributed by atoms with Crippen LogP contribution in [0.3, 0.4) is 0 Å². The Morgan fingerprint density at radius 2 is 2.13 bits per heavy atom. The number of rotatable bonds is 7. The molecule has 31 heavy (non-hydrogen) atoms. The number of nitro groups is 1. The van der Waals surface area contributed by atoms with E-state index >= 15 is 0 Å². The predicted molar refractivity (Wildman–Crippen MR) is 114 cm³/mol. The molecule has 0 radical (unpaired) electrons.